The third-order valence-corrected chi connectivity index (χ3v) is 5.51. The molecule has 0 aliphatic carbocycles. The summed E-state index contributed by atoms with van der Waals surface area (Å²) < 4.78 is 8.28. The molecule has 28 heavy (non-hydrogen) atoms. The molecule has 0 bridgehead atoms. The van der Waals surface area contributed by atoms with E-state index in [0.29, 0.717) is 0 Å². The van der Waals surface area contributed by atoms with Gasteiger partial charge in [0, 0.05) is 10.2 Å². The second-order valence-electron chi connectivity index (χ2n) is 6.66. The van der Waals surface area contributed by atoms with E-state index in [-0.39, 0.29) is 6.04 Å². The first-order valence-electron chi connectivity index (χ1n) is 8.93. The van der Waals surface area contributed by atoms with Crippen LogP contribution in [0.3, 0.4) is 0 Å². The number of aromatic nitrogens is 3. The van der Waals surface area contributed by atoms with Crippen LogP contribution in [0, 0.1) is 0 Å². The molecule has 1 aromatic heterocycles. The molecule has 1 atom stereocenters. The summed E-state index contributed by atoms with van der Waals surface area (Å²) in [7, 11) is 1.69. The highest BCUT2D eigenvalue weighted by Crippen LogP contribution is 2.33. The van der Waals surface area contributed by atoms with Gasteiger partial charge in [0.1, 0.15) is 18.1 Å². The summed E-state index contributed by atoms with van der Waals surface area (Å²) in [5, 5.41) is 10.1. The van der Waals surface area contributed by atoms with Gasteiger partial charge in [-0.3, -0.25) is 0 Å². The Labute approximate surface area is 170 Å². The largest absolute Gasteiger partial charge is 0.497 e. The Hall–Kier alpha value is -3.12. The lowest BCUT2D eigenvalue weighted by Gasteiger charge is -2.24. The number of fused-ring (bicyclic) bond motifs is 2. The Morgan fingerprint density at radius 1 is 1.00 bits per heavy atom. The van der Waals surface area contributed by atoms with Crippen molar-refractivity contribution in [3.05, 3.63) is 88.7 Å². The number of ether oxygens (including phenoxy) is 1. The van der Waals surface area contributed by atoms with Gasteiger partial charge in [0.2, 0.25) is 5.95 Å². The fourth-order valence-corrected chi connectivity index (χ4v) is 3.78. The number of hydrogen-bond acceptors (Lipinski definition) is 4. The number of nitrogens with one attached hydrogen (secondary N) is 1. The molecule has 0 fully saturated rings. The second kappa shape index (κ2) is 6.80. The minimum Gasteiger partial charge on any atom is -0.497 e. The average molecular weight is 433 g/mol. The Morgan fingerprint density at radius 3 is 2.61 bits per heavy atom. The van der Waals surface area contributed by atoms with Crippen molar-refractivity contribution < 1.29 is 4.74 Å². The van der Waals surface area contributed by atoms with Gasteiger partial charge < -0.3 is 10.1 Å². The summed E-state index contributed by atoms with van der Waals surface area (Å²) in [5.41, 5.74) is 3.28. The van der Waals surface area contributed by atoms with Gasteiger partial charge in [0.05, 0.1) is 7.11 Å². The zero-order valence-electron chi connectivity index (χ0n) is 15.1. The minimum absolute atomic E-state index is 0.0200. The summed E-state index contributed by atoms with van der Waals surface area (Å²) >= 11 is 3.50. The van der Waals surface area contributed by atoms with Crippen LogP contribution in [0.15, 0.2) is 77.5 Å². The molecule has 0 saturated heterocycles. The Bertz CT molecular complexity index is 1200. The van der Waals surface area contributed by atoms with Crippen LogP contribution in [0.2, 0.25) is 0 Å². The molecular weight excluding hydrogens is 416 g/mol. The quantitative estimate of drug-likeness (QED) is 0.479. The third-order valence-electron chi connectivity index (χ3n) is 4.98. The number of nitrogens with zero attached hydrogens (tertiary/aromatic N) is 3. The Morgan fingerprint density at radius 2 is 1.79 bits per heavy atom. The first-order valence-corrected chi connectivity index (χ1v) is 9.72. The van der Waals surface area contributed by atoms with Gasteiger partial charge in [0.15, 0.2) is 0 Å². The highest BCUT2D eigenvalue weighted by Gasteiger charge is 2.23. The fraction of sp³-hybridized carbons (Fsp3) is 0.0909. The van der Waals surface area contributed by atoms with E-state index < -0.39 is 0 Å². The summed E-state index contributed by atoms with van der Waals surface area (Å²) in [6, 6.07) is 20.8. The first kappa shape index (κ1) is 17.0. The predicted octanol–water partition coefficient (Wildman–Crippen LogP) is 5.26. The number of halogens is 1. The molecule has 1 unspecified atom stereocenters. The first-order chi connectivity index (χ1) is 13.7. The number of anilines is 1. The molecule has 138 valence electrons. The highest BCUT2D eigenvalue weighted by atomic mass is 79.9. The lowest BCUT2D eigenvalue weighted by Crippen LogP contribution is -2.20. The molecule has 3 aromatic carbocycles. The van der Waals surface area contributed by atoms with Crippen LogP contribution in [-0.4, -0.2) is 21.9 Å². The van der Waals surface area contributed by atoms with Gasteiger partial charge in [-0.05, 0) is 58.3 Å². The topological polar surface area (TPSA) is 52.0 Å². The smallest absolute Gasteiger partial charge is 0.226 e. The van der Waals surface area contributed by atoms with Crippen molar-refractivity contribution in [2.45, 2.75) is 6.04 Å². The van der Waals surface area contributed by atoms with Crippen LogP contribution in [0.5, 0.6) is 5.75 Å². The zero-order valence-corrected chi connectivity index (χ0v) is 16.7. The Kier molecular flexibility index (Phi) is 4.13. The summed E-state index contributed by atoms with van der Waals surface area (Å²) in [6.07, 6.45) is 3.77. The van der Waals surface area contributed by atoms with E-state index in [0.717, 1.165) is 43.8 Å². The van der Waals surface area contributed by atoms with Crippen molar-refractivity contribution >= 4 is 38.3 Å². The van der Waals surface area contributed by atoms with Crippen molar-refractivity contribution in [2.24, 2.45) is 0 Å². The van der Waals surface area contributed by atoms with Gasteiger partial charge in [-0.25, -0.2) is 4.68 Å². The van der Waals surface area contributed by atoms with E-state index in [4.69, 9.17) is 4.74 Å². The molecule has 0 spiro atoms. The molecule has 4 aromatic rings. The number of hydrogen-bond donors (Lipinski definition) is 1. The summed E-state index contributed by atoms with van der Waals surface area (Å²) in [5.74, 6) is 1.60. The lowest BCUT2D eigenvalue weighted by atomic mass is 10.00. The van der Waals surface area contributed by atoms with E-state index in [1.54, 1.807) is 13.4 Å². The SMILES string of the molecule is COc1ccc2cc(C3=CC(c4ccc(Br)cc4)n4ncnc4N3)ccc2c1. The van der Waals surface area contributed by atoms with Crippen molar-refractivity contribution in [1.82, 2.24) is 14.8 Å². The highest BCUT2D eigenvalue weighted by molar-refractivity contribution is 9.10. The maximum atomic E-state index is 5.33. The van der Waals surface area contributed by atoms with Crippen molar-refractivity contribution in [3.8, 4) is 5.75 Å². The minimum atomic E-state index is -0.0200. The van der Waals surface area contributed by atoms with Gasteiger partial charge in [-0.15, -0.1) is 0 Å². The van der Waals surface area contributed by atoms with E-state index in [1.165, 1.54) is 0 Å². The van der Waals surface area contributed by atoms with Crippen LogP contribution in [0.4, 0.5) is 5.95 Å². The maximum absolute atomic E-state index is 5.33. The number of rotatable bonds is 3. The van der Waals surface area contributed by atoms with Crippen molar-refractivity contribution in [3.63, 3.8) is 0 Å². The molecule has 2 heterocycles. The number of methoxy groups -OCH3 is 1. The number of allylic oxidation sites excluding steroid dienone is 1. The average Bonchev–Trinajstić information content (AvgIpc) is 3.21. The zero-order chi connectivity index (χ0) is 19.1. The monoisotopic (exact) mass is 432 g/mol. The third kappa shape index (κ3) is 2.96. The molecule has 0 radical (unpaired) electrons. The normalized spacial score (nSPS) is 15.6. The van der Waals surface area contributed by atoms with Crippen LogP contribution in [0.25, 0.3) is 16.5 Å². The predicted molar refractivity (Wildman–Crippen MR) is 114 cm³/mol. The van der Waals surface area contributed by atoms with E-state index >= 15 is 0 Å². The van der Waals surface area contributed by atoms with E-state index in [1.807, 2.05) is 28.9 Å². The Balaban J connectivity index is 1.59. The molecular formula is C22H17BrN4O. The molecule has 0 amide bonds. The van der Waals surface area contributed by atoms with Crippen molar-refractivity contribution in [2.75, 3.05) is 12.4 Å². The molecule has 5 rings (SSSR count). The molecule has 0 saturated carbocycles. The summed E-state index contributed by atoms with van der Waals surface area (Å²) in [4.78, 5) is 4.38. The number of benzene rings is 3. The van der Waals surface area contributed by atoms with Gasteiger partial charge in [-0.2, -0.15) is 10.1 Å². The standard InChI is InChI=1S/C22H17BrN4O/c1-28-19-9-6-15-10-17(3-2-16(15)11-19)20-12-21(14-4-7-18(23)8-5-14)27-22(26-20)24-13-25-27/h2-13,21H,1H3,(H,24,25,26). The van der Waals surface area contributed by atoms with Crippen molar-refractivity contribution in [1.29, 1.82) is 0 Å². The van der Waals surface area contributed by atoms with Crippen LogP contribution >= 0.6 is 15.9 Å². The second-order valence-corrected chi connectivity index (χ2v) is 7.57. The van der Waals surface area contributed by atoms with Gasteiger partial charge in [0.25, 0.3) is 0 Å². The van der Waals surface area contributed by atoms with E-state index in [2.05, 4.69) is 73.8 Å². The molecule has 5 nitrogen and oxygen atoms in total. The summed E-state index contributed by atoms with van der Waals surface area (Å²) in [6.45, 7) is 0. The molecule has 1 aliphatic heterocycles. The van der Waals surface area contributed by atoms with Crippen LogP contribution < -0.4 is 10.1 Å². The fourth-order valence-electron chi connectivity index (χ4n) is 3.52. The van der Waals surface area contributed by atoms with Crippen LogP contribution in [-0.2, 0) is 0 Å². The molecule has 6 heteroatoms. The lowest BCUT2D eigenvalue weighted by molar-refractivity contribution is 0.415. The van der Waals surface area contributed by atoms with E-state index in [9.17, 15) is 0 Å². The molecule has 1 aliphatic rings. The van der Waals surface area contributed by atoms with Gasteiger partial charge in [-0.1, -0.05) is 46.3 Å². The molecule has 1 N–H and O–H groups in total. The van der Waals surface area contributed by atoms with Crippen LogP contribution in [0.1, 0.15) is 17.2 Å². The van der Waals surface area contributed by atoms with Gasteiger partial charge >= 0.3 is 0 Å². The maximum Gasteiger partial charge on any atom is 0.226 e.